The zero-order chi connectivity index (χ0) is 11.4. The van der Waals surface area contributed by atoms with Crippen molar-refractivity contribution in [3.63, 3.8) is 0 Å². The molecule has 1 aromatic carbocycles. The number of methoxy groups -OCH3 is 1. The van der Waals surface area contributed by atoms with Crippen LogP contribution in [0.1, 0.15) is 5.56 Å². The van der Waals surface area contributed by atoms with Gasteiger partial charge >= 0.3 is 5.97 Å². The van der Waals surface area contributed by atoms with Crippen LogP contribution in [0, 0.1) is 0 Å². The van der Waals surface area contributed by atoms with Crippen LogP contribution >= 0.6 is 0 Å². The maximum absolute atomic E-state index is 11.3. The van der Waals surface area contributed by atoms with Crippen LogP contribution in [0.3, 0.4) is 0 Å². The number of carbonyl (C=O) groups is 1. The number of hydrogen-bond donors (Lipinski definition) is 1. The molecule has 0 aromatic heterocycles. The molecule has 86 valence electrons. The van der Waals surface area contributed by atoms with Gasteiger partial charge in [0.15, 0.2) is 0 Å². The predicted octanol–water partition coefficient (Wildman–Crippen LogP) is 0.591. The maximum atomic E-state index is 11.3. The van der Waals surface area contributed by atoms with E-state index in [1.807, 2.05) is 18.2 Å². The normalized spacial score (nSPS) is 20.9. The van der Waals surface area contributed by atoms with Gasteiger partial charge in [-0.3, -0.25) is 15.0 Å². The van der Waals surface area contributed by atoms with E-state index in [2.05, 4.69) is 22.3 Å². The summed E-state index contributed by atoms with van der Waals surface area (Å²) in [6.45, 7) is 2.30. The summed E-state index contributed by atoms with van der Waals surface area (Å²) in [6, 6.07) is 10.0. The molecule has 0 spiro atoms. The van der Waals surface area contributed by atoms with Crippen molar-refractivity contribution in [2.24, 2.45) is 0 Å². The van der Waals surface area contributed by atoms with Gasteiger partial charge in [-0.05, 0) is 5.56 Å². The summed E-state index contributed by atoms with van der Waals surface area (Å²) in [7, 11) is 1.42. The summed E-state index contributed by atoms with van der Waals surface area (Å²) in [4.78, 5) is 13.5. The smallest absolute Gasteiger partial charge is 0.324 e. The SMILES string of the molecule is COC(=O)C1CN(Cc2ccccc2)CN1. The minimum atomic E-state index is -0.186. The first-order valence-electron chi connectivity index (χ1n) is 5.37. The van der Waals surface area contributed by atoms with Gasteiger partial charge < -0.3 is 4.74 Å². The van der Waals surface area contributed by atoms with Gasteiger partial charge in [0.2, 0.25) is 0 Å². The predicted molar refractivity (Wildman–Crippen MR) is 60.7 cm³/mol. The topological polar surface area (TPSA) is 41.6 Å². The number of nitrogens with zero attached hydrogens (tertiary/aromatic N) is 1. The second-order valence-electron chi connectivity index (χ2n) is 3.94. The van der Waals surface area contributed by atoms with Crippen LogP contribution in [0.15, 0.2) is 30.3 Å². The van der Waals surface area contributed by atoms with Crippen LogP contribution in [0.5, 0.6) is 0 Å². The Hall–Kier alpha value is -1.39. The molecule has 1 heterocycles. The van der Waals surface area contributed by atoms with Crippen molar-refractivity contribution in [3.05, 3.63) is 35.9 Å². The molecule has 1 aromatic rings. The van der Waals surface area contributed by atoms with Crippen LogP contribution in [0.2, 0.25) is 0 Å². The Bertz CT molecular complexity index is 353. The lowest BCUT2D eigenvalue weighted by Crippen LogP contribution is -2.34. The summed E-state index contributed by atoms with van der Waals surface area (Å²) >= 11 is 0. The van der Waals surface area contributed by atoms with E-state index in [1.54, 1.807) is 0 Å². The molecule has 1 unspecified atom stereocenters. The van der Waals surface area contributed by atoms with Gasteiger partial charge in [-0.15, -0.1) is 0 Å². The Morgan fingerprint density at radius 2 is 2.25 bits per heavy atom. The zero-order valence-corrected chi connectivity index (χ0v) is 9.35. The fourth-order valence-electron chi connectivity index (χ4n) is 1.89. The van der Waals surface area contributed by atoms with Crippen molar-refractivity contribution < 1.29 is 9.53 Å². The van der Waals surface area contributed by atoms with Gasteiger partial charge in [0, 0.05) is 19.8 Å². The minimum absolute atomic E-state index is 0.185. The Kier molecular flexibility index (Phi) is 3.54. The summed E-state index contributed by atoms with van der Waals surface area (Å²) in [5, 5.41) is 3.13. The third-order valence-corrected chi connectivity index (χ3v) is 2.74. The fraction of sp³-hybridized carbons (Fsp3) is 0.417. The number of ether oxygens (including phenoxy) is 1. The molecular weight excluding hydrogens is 204 g/mol. The standard InChI is InChI=1S/C12H16N2O2/c1-16-12(15)11-8-14(9-13-11)7-10-5-3-2-4-6-10/h2-6,11,13H,7-9H2,1H3. The number of benzene rings is 1. The molecule has 0 bridgehead atoms. The average Bonchev–Trinajstić information content (AvgIpc) is 2.78. The van der Waals surface area contributed by atoms with Crippen molar-refractivity contribution in [2.45, 2.75) is 12.6 Å². The molecule has 1 N–H and O–H groups in total. The third-order valence-electron chi connectivity index (χ3n) is 2.74. The molecule has 16 heavy (non-hydrogen) atoms. The van der Waals surface area contributed by atoms with E-state index in [4.69, 9.17) is 4.74 Å². The average molecular weight is 220 g/mol. The van der Waals surface area contributed by atoms with Crippen molar-refractivity contribution in [3.8, 4) is 0 Å². The number of hydrogen-bond acceptors (Lipinski definition) is 4. The molecule has 1 atom stereocenters. The summed E-state index contributed by atoms with van der Waals surface area (Å²) in [5.41, 5.74) is 1.26. The molecule has 4 nitrogen and oxygen atoms in total. The second-order valence-corrected chi connectivity index (χ2v) is 3.94. The zero-order valence-electron chi connectivity index (χ0n) is 9.35. The molecule has 1 aliphatic heterocycles. The molecule has 0 aliphatic carbocycles. The first-order valence-corrected chi connectivity index (χ1v) is 5.37. The molecule has 0 amide bonds. The number of rotatable bonds is 3. The van der Waals surface area contributed by atoms with E-state index < -0.39 is 0 Å². The van der Waals surface area contributed by atoms with Crippen LogP contribution in [-0.2, 0) is 16.1 Å². The first-order chi connectivity index (χ1) is 7.79. The van der Waals surface area contributed by atoms with Crippen molar-refractivity contribution >= 4 is 5.97 Å². The quantitative estimate of drug-likeness (QED) is 0.757. The van der Waals surface area contributed by atoms with Crippen LogP contribution in [0.25, 0.3) is 0 Å². The highest BCUT2D eigenvalue weighted by Crippen LogP contribution is 2.08. The van der Waals surface area contributed by atoms with Gasteiger partial charge in [0.25, 0.3) is 0 Å². The van der Waals surface area contributed by atoms with E-state index in [1.165, 1.54) is 12.7 Å². The van der Waals surface area contributed by atoms with Crippen LogP contribution < -0.4 is 5.32 Å². The summed E-state index contributed by atoms with van der Waals surface area (Å²) in [6.07, 6.45) is 0. The summed E-state index contributed by atoms with van der Waals surface area (Å²) in [5.74, 6) is -0.185. The van der Waals surface area contributed by atoms with E-state index in [0.29, 0.717) is 6.54 Å². The largest absolute Gasteiger partial charge is 0.468 e. The molecular formula is C12H16N2O2. The van der Waals surface area contributed by atoms with E-state index in [9.17, 15) is 4.79 Å². The highest BCUT2D eigenvalue weighted by atomic mass is 16.5. The third kappa shape index (κ3) is 2.59. The number of nitrogens with one attached hydrogen (secondary N) is 1. The Balaban J connectivity index is 1.88. The molecule has 2 rings (SSSR count). The molecule has 1 fully saturated rings. The van der Waals surface area contributed by atoms with Crippen LogP contribution in [0.4, 0.5) is 0 Å². The molecule has 0 radical (unpaired) electrons. The van der Waals surface area contributed by atoms with Crippen molar-refractivity contribution in [1.82, 2.24) is 10.2 Å². The van der Waals surface area contributed by atoms with Gasteiger partial charge in [0.05, 0.1) is 7.11 Å². The van der Waals surface area contributed by atoms with E-state index in [0.717, 1.165) is 13.2 Å². The van der Waals surface area contributed by atoms with Gasteiger partial charge in [0.1, 0.15) is 6.04 Å². The lowest BCUT2D eigenvalue weighted by molar-refractivity contribution is -0.142. The van der Waals surface area contributed by atoms with Gasteiger partial charge in [-0.1, -0.05) is 30.3 Å². The first kappa shape index (κ1) is 11.1. The summed E-state index contributed by atoms with van der Waals surface area (Å²) < 4.78 is 4.70. The van der Waals surface area contributed by atoms with E-state index >= 15 is 0 Å². The minimum Gasteiger partial charge on any atom is -0.468 e. The van der Waals surface area contributed by atoms with Crippen molar-refractivity contribution in [2.75, 3.05) is 20.3 Å². The molecule has 1 saturated heterocycles. The van der Waals surface area contributed by atoms with Gasteiger partial charge in [-0.2, -0.15) is 0 Å². The molecule has 1 aliphatic rings. The second kappa shape index (κ2) is 5.09. The molecule has 0 saturated carbocycles. The number of esters is 1. The molecule has 4 heteroatoms. The monoisotopic (exact) mass is 220 g/mol. The Morgan fingerprint density at radius 3 is 2.94 bits per heavy atom. The lowest BCUT2D eigenvalue weighted by Gasteiger charge is -2.13. The number of carbonyl (C=O) groups excluding carboxylic acids is 1. The Labute approximate surface area is 95.2 Å². The van der Waals surface area contributed by atoms with Crippen molar-refractivity contribution in [1.29, 1.82) is 0 Å². The van der Waals surface area contributed by atoms with Crippen LogP contribution in [-0.4, -0.2) is 37.2 Å². The highest BCUT2D eigenvalue weighted by molar-refractivity contribution is 5.76. The fourth-order valence-corrected chi connectivity index (χ4v) is 1.89. The highest BCUT2D eigenvalue weighted by Gasteiger charge is 2.27. The maximum Gasteiger partial charge on any atom is 0.324 e. The lowest BCUT2D eigenvalue weighted by atomic mass is 10.2. The van der Waals surface area contributed by atoms with Gasteiger partial charge in [-0.25, -0.2) is 0 Å². The van der Waals surface area contributed by atoms with E-state index in [-0.39, 0.29) is 12.0 Å². The Morgan fingerprint density at radius 1 is 1.50 bits per heavy atom.